The Morgan fingerprint density at radius 3 is 2.09 bits per heavy atom. The second-order valence-electron chi connectivity index (χ2n) is 7.77. The third-order valence-electron chi connectivity index (χ3n) is 5.50. The lowest BCUT2D eigenvalue weighted by Crippen LogP contribution is -2.29. The molecule has 0 amide bonds. The number of benzene rings is 2. The maximum absolute atomic E-state index is 12.1. The Morgan fingerprint density at radius 2 is 1.55 bits per heavy atom. The van der Waals surface area contributed by atoms with Crippen LogP contribution in [0.1, 0.15) is 46.8 Å². The van der Waals surface area contributed by atoms with Crippen LogP contribution < -0.4 is 11.5 Å². The summed E-state index contributed by atoms with van der Waals surface area (Å²) in [4.78, 5) is 26.3. The first kappa shape index (κ1) is 24.1. The van der Waals surface area contributed by atoms with Crippen molar-refractivity contribution < 1.29 is 19.4 Å². The summed E-state index contributed by atoms with van der Waals surface area (Å²) < 4.78 is 5.52. The maximum atomic E-state index is 12.1. The Balaban J connectivity index is 0.000000262. The highest BCUT2D eigenvalue weighted by molar-refractivity contribution is 5.87. The summed E-state index contributed by atoms with van der Waals surface area (Å²) in [6.07, 6.45) is 3.76. The van der Waals surface area contributed by atoms with Crippen LogP contribution in [-0.4, -0.2) is 41.2 Å². The van der Waals surface area contributed by atoms with Crippen LogP contribution in [0.2, 0.25) is 0 Å². The van der Waals surface area contributed by atoms with Gasteiger partial charge in [-0.1, -0.05) is 61.0 Å². The number of hydrogen-bond donors (Lipinski definition) is 3. The van der Waals surface area contributed by atoms with E-state index in [0.717, 1.165) is 12.8 Å². The van der Waals surface area contributed by atoms with E-state index in [0.29, 0.717) is 25.3 Å². The van der Waals surface area contributed by atoms with Crippen LogP contribution >= 0.6 is 0 Å². The largest absolute Gasteiger partial charge is 0.480 e. The van der Waals surface area contributed by atoms with Gasteiger partial charge in [-0.3, -0.25) is 4.79 Å². The summed E-state index contributed by atoms with van der Waals surface area (Å²) in [6, 6.07) is 21.1. The van der Waals surface area contributed by atoms with E-state index in [1.54, 1.807) is 24.4 Å². The van der Waals surface area contributed by atoms with Gasteiger partial charge in [0.1, 0.15) is 18.3 Å². The molecule has 1 aromatic heterocycles. The molecule has 172 valence electrons. The van der Waals surface area contributed by atoms with Gasteiger partial charge >= 0.3 is 11.9 Å². The zero-order valence-corrected chi connectivity index (χ0v) is 18.4. The van der Waals surface area contributed by atoms with E-state index in [2.05, 4.69) is 29.2 Å². The van der Waals surface area contributed by atoms with Gasteiger partial charge in [0, 0.05) is 12.1 Å². The molecule has 7 nitrogen and oxygen atoms in total. The SMILES string of the molecule is NCCCCC(N)C(=O)O.O=C(OCC1c2ccccc2-c2ccccc21)c1ccccn1. The van der Waals surface area contributed by atoms with Gasteiger partial charge in [0.15, 0.2) is 0 Å². The van der Waals surface area contributed by atoms with E-state index in [1.807, 2.05) is 24.3 Å². The number of pyridine rings is 1. The van der Waals surface area contributed by atoms with Gasteiger partial charge in [-0.05, 0) is 53.8 Å². The first-order valence-electron chi connectivity index (χ1n) is 11.0. The number of carbonyl (C=O) groups is 2. The van der Waals surface area contributed by atoms with Gasteiger partial charge < -0.3 is 21.3 Å². The number of carboxylic acid groups (broad SMARTS) is 1. The minimum Gasteiger partial charge on any atom is -0.480 e. The lowest BCUT2D eigenvalue weighted by atomic mass is 9.98. The number of aliphatic carboxylic acids is 1. The molecule has 1 aliphatic carbocycles. The molecule has 0 bridgehead atoms. The van der Waals surface area contributed by atoms with Gasteiger partial charge in [0.2, 0.25) is 0 Å². The minimum absolute atomic E-state index is 0.0788. The van der Waals surface area contributed by atoms with Gasteiger partial charge in [-0.15, -0.1) is 0 Å². The number of fused-ring (bicyclic) bond motifs is 3. The molecule has 0 radical (unpaired) electrons. The smallest absolute Gasteiger partial charge is 0.356 e. The molecule has 4 rings (SSSR count). The monoisotopic (exact) mass is 447 g/mol. The van der Waals surface area contributed by atoms with Gasteiger partial charge in [0.05, 0.1) is 0 Å². The molecule has 33 heavy (non-hydrogen) atoms. The predicted octanol–water partition coefficient (Wildman–Crippen LogP) is 3.58. The third kappa shape index (κ3) is 6.25. The van der Waals surface area contributed by atoms with Crippen molar-refractivity contribution in [3.63, 3.8) is 0 Å². The fraction of sp³-hybridized carbons (Fsp3) is 0.269. The average molecular weight is 448 g/mol. The quantitative estimate of drug-likeness (QED) is 0.356. The standard InChI is InChI=1S/C20H15NO2.C6H14N2O2/c22-20(19-11-5-6-12-21-19)23-13-18-16-9-3-1-7-14(16)15-8-2-4-10-17(15)18;7-4-2-1-3-5(8)6(9)10/h1-12,18H,13H2;5H,1-4,7-8H2,(H,9,10). The molecule has 0 aliphatic heterocycles. The van der Waals surface area contributed by atoms with Crippen molar-refractivity contribution in [2.45, 2.75) is 31.2 Å². The van der Waals surface area contributed by atoms with Crippen LogP contribution in [-0.2, 0) is 9.53 Å². The summed E-state index contributed by atoms with van der Waals surface area (Å²) in [5, 5.41) is 8.33. The summed E-state index contributed by atoms with van der Waals surface area (Å²) in [7, 11) is 0. The van der Waals surface area contributed by atoms with Crippen LogP contribution in [0.25, 0.3) is 11.1 Å². The van der Waals surface area contributed by atoms with Crippen molar-refractivity contribution in [1.82, 2.24) is 4.98 Å². The van der Waals surface area contributed by atoms with Crippen LogP contribution in [0.3, 0.4) is 0 Å². The van der Waals surface area contributed by atoms with Gasteiger partial charge in [-0.2, -0.15) is 0 Å². The Hall–Kier alpha value is -3.55. The number of nitrogens with zero attached hydrogens (tertiary/aromatic N) is 1. The molecule has 1 aliphatic rings. The minimum atomic E-state index is -0.933. The normalized spacial score (nSPS) is 12.7. The van der Waals surface area contributed by atoms with E-state index in [4.69, 9.17) is 21.3 Å². The van der Waals surface area contributed by atoms with E-state index < -0.39 is 12.0 Å². The molecule has 2 aromatic carbocycles. The van der Waals surface area contributed by atoms with Crippen LogP contribution in [0.4, 0.5) is 0 Å². The van der Waals surface area contributed by atoms with Crippen molar-refractivity contribution in [2.24, 2.45) is 11.5 Å². The molecule has 1 atom stereocenters. The number of carbonyl (C=O) groups excluding carboxylic acids is 1. The number of esters is 1. The number of rotatable bonds is 8. The van der Waals surface area contributed by atoms with Crippen LogP contribution in [0, 0.1) is 0 Å². The Kier molecular flexibility index (Phi) is 8.69. The topological polar surface area (TPSA) is 129 Å². The van der Waals surface area contributed by atoms with E-state index >= 15 is 0 Å². The number of hydrogen-bond acceptors (Lipinski definition) is 6. The maximum Gasteiger partial charge on any atom is 0.356 e. The molecular weight excluding hydrogens is 418 g/mol. The van der Waals surface area contributed by atoms with Crippen molar-refractivity contribution >= 4 is 11.9 Å². The molecule has 1 heterocycles. The zero-order valence-electron chi connectivity index (χ0n) is 18.4. The number of aromatic nitrogens is 1. The molecule has 7 heteroatoms. The summed E-state index contributed by atoms with van der Waals surface area (Å²) >= 11 is 0. The predicted molar refractivity (Wildman–Crippen MR) is 127 cm³/mol. The van der Waals surface area contributed by atoms with Crippen molar-refractivity contribution in [3.05, 3.63) is 89.7 Å². The highest BCUT2D eigenvalue weighted by Gasteiger charge is 2.29. The highest BCUT2D eigenvalue weighted by Crippen LogP contribution is 2.44. The van der Waals surface area contributed by atoms with E-state index in [1.165, 1.54) is 22.3 Å². The first-order valence-corrected chi connectivity index (χ1v) is 11.0. The fourth-order valence-electron chi connectivity index (χ4n) is 3.79. The summed E-state index contributed by atoms with van der Waals surface area (Å²) in [6.45, 7) is 0.926. The lowest BCUT2D eigenvalue weighted by Gasteiger charge is -2.13. The molecular formula is C26H29N3O4. The number of unbranched alkanes of at least 4 members (excludes halogenated alkanes) is 1. The van der Waals surface area contributed by atoms with Gasteiger partial charge in [-0.25, -0.2) is 9.78 Å². The molecule has 0 spiro atoms. The average Bonchev–Trinajstić information content (AvgIpc) is 3.17. The number of carboxylic acids is 1. The van der Waals surface area contributed by atoms with Crippen molar-refractivity contribution in [1.29, 1.82) is 0 Å². The molecule has 1 unspecified atom stereocenters. The van der Waals surface area contributed by atoms with E-state index in [-0.39, 0.29) is 11.9 Å². The Bertz CT molecular complexity index is 1030. The second kappa shape index (κ2) is 11.9. The Morgan fingerprint density at radius 1 is 0.939 bits per heavy atom. The van der Waals surface area contributed by atoms with E-state index in [9.17, 15) is 9.59 Å². The number of nitrogens with two attached hydrogens (primary N) is 2. The van der Waals surface area contributed by atoms with Gasteiger partial charge in [0.25, 0.3) is 0 Å². The summed E-state index contributed by atoms with van der Waals surface area (Å²) in [5.74, 6) is -1.24. The molecule has 0 saturated carbocycles. The summed E-state index contributed by atoms with van der Waals surface area (Å²) in [5.41, 5.74) is 15.6. The first-order chi connectivity index (χ1) is 16.0. The molecule has 0 saturated heterocycles. The zero-order chi connectivity index (χ0) is 23.6. The van der Waals surface area contributed by atoms with Crippen LogP contribution in [0.5, 0.6) is 0 Å². The second-order valence-corrected chi connectivity index (χ2v) is 7.77. The van der Waals surface area contributed by atoms with Crippen LogP contribution in [0.15, 0.2) is 72.9 Å². The van der Waals surface area contributed by atoms with Crippen molar-refractivity contribution in [2.75, 3.05) is 13.2 Å². The lowest BCUT2D eigenvalue weighted by molar-refractivity contribution is -0.138. The molecule has 3 aromatic rings. The Labute approximate surface area is 193 Å². The third-order valence-corrected chi connectivity index (χ3v) is 5.50. The molecule has 5 N–H and O–H groups in total. The number of ether oxygens (including phenoxy) is 1. The fourth-order valence-corrected chi connectivity index (χ4v) is 3.79. The highest BCUT2D eigenvalue weighted by atomic mass is 16.5. The molecule has 0 fully saturated rings. The van der Waals surface area contributed by atoms with Crippen molar-refractivity contribution in [3.8, 4) is 11.1 Å².